The van der Waals surface area contributed by atoms with E-state index in [1.807, 2.05) is 7.11 Å². The van der Waals surface area contributed by atoms with Gasteiger partial charge in [0.2, 0.25) is 0 Å². The molecule has 0 radical (unpaired) electrons. The van der Waals surface area contributed by atoms with Gasteiger partial charge in [-0.15, -0.1) is 0 Å². The zero-order valence-corrected chi connectivity index (χ0v) is 61.5. The number of hydrogen-bond acceptors (Lipinski definition) is 8. The summed E-state index contributed by atoms with van der Waals surface area (Å²) in [4.78, 5) is 0. The Bertz CT molecular complexity index is 3110. The Morgan fingerprint density at radius 3 is 1.22 bits per heavy atom. The highest BCUT2D eigenvalue weighted by atomic mass is 32.6. The van der Waals surface area contributed by atoms with E-state index in [9.17, 15) is 10.2 Å². The van der Waals surface area contributed by atoms with Crippen molar-refractivity contribution in [3.63, 3.8) is 0 Å². The van der Waals surface area contributed by atoms with Crippen LogP contribution in [0.3, 0.4) is 0 Å². The summed E-state index contributed by atoms with van der Waals surface area (Å²) in [6.07, 6.45) is 9.77. The van der Waals surface area contributed by atoms with E-state index in [0.717, 1.165) is 63.1 Å². The van der Waals surface area contributed by atoms with Crippen LogP contribution in [0.4, 0.5) is 0 Å². The Morgan fingerprint density at radius 2 is 0.910 bits per heavy atom. The first-order chi connectivity index (χ1) is 42.2. The lowest BCUT2D eigenvalue weighted by atomic mass is 9.73. The Balaban J connectivity index is 0.000000242. The second-order valence-electron chi connectivity index (χ2n) is 29.6. The molecule has 2 fully saturated rings. The van der Waals surface area contributed by atoms with E-state index in [-0.39, 0.29) is 41.4 Å². The van der Waals surface area contributed by atoms with Crippen LogP contribution < -0.4 is 30.2 Å². The summed E-state index contributed by atoms with van der Waals surface area (Å²) in [6, 6.07) is 57.3. The third-order valence-electron chi connectivity index (χ3n) is 21.1. The van der Waals surface area contributed by atoms with Crippen LogP contribution in [-0.4, -0.2) is 82.2 Å². The molecule has 484 valence electrons. The molecule has 2 N–H and O–H groups in total. The van der Waals surface area contributed by atoms with Crippen molar-refractivity contribution in [2.45, 2.75) is 187 Å². The molecule has 4 aliphatic carbocycles. The number of aliphatic hydroxyl groups excluding tert-OH is 2. The first kappa shape index (κ1) is 71.2. The molecule has 4 aliphatic rings. The summed E-state index contributed by atoms with van der Waals surface area (Å²) < 4.78 is 40.5. The van der Waals surface area contributed by atoms with Crippen LogP contribution in [0, 0.1) is 41.4 Å². The van der Waals surface area contributed by atoms with Gasteiger partial charge in [0.25, 0.3) is 16.6 Å². The topological polar surface area (TPSA) is 86.6 Å². The highest BCUT2D eigenvalue weighted by Gasteiger charge is 2.57. The Hall–Kier alpha value is -3.68. The van der Waals surface area contributed by atoms with E-state index in [1.165, 1.54) is 55.8 Å². The van der Waals surface area contributed by atoms with Gasteiger partial charge in [-0.1, -0.05) is 222 Å². The lowest BCUT2D eigenvalue weighted by molar-refractivity contribution is 0.0653. The smallest absolute Gasteiger partial charge is 0.355 e. The van der Waals surface area contributed by atoms with Gasteiger partial charge in [0.15, 0.2) is 27.1 Å². The quantitative estimate of drug-likeness (QED) is 0.0578. The van der Waals surface area contributed by atoms with E-state index in [4.69, 9.17) is 24.0 Å². The largest absolute Gasteiger partial charge is 0.496 e. The van der Waals surface area contributed by atoms with Crippen LogP contribution in [0.25, 0.3) is 0 Å². The molecule has 12 atom stereocenters. The van der Waals surface area contributed by atoms with Crippen LogP contribution in [0.5, 0.6) is 11.5 Å². The molecule has 0 spiro atoms. The fourth-order valence-electron chi connectivity index (χ4n) is 15.6. The van der Waals surface area contributed by atoms with Crippen molar-refractivity contribution < 1.29 is 33.0 Å². The molecule has 2 unspecified atom stereocenters. The van der Waals surface area contributed by atoms with Crippen molar-refractivity contribution in [3.8, 4) is 11.5 Å². The maximum atomic E-state index is 10.3. The first-order valence-electron chi connectivity index (χ1n) is 33.1. The maximum Gasteiger partial charge on any atom is 0.355 e. The standard InChI is InChI=1S/C41H60O3Si2.C34H44O4Si.CH4.H2P2S/c1-30(29-43-45(9,10)40(2,3)4)24-25-35-36-26-31-18-17-23-38(42-8)37(31)27-32(36)28-39(35)44-46(41(5,6)7,33-19-13-11-14-20-33)34-21-15-12-16-22-34;1-34(2,3)39(27-13-7-5-8-14-27,28-15-9-6-10-16-28)38-33-22-25-21-31-24(12-11-17-32(31)37-4)20-30(25)29(33)19-18-26(36)23-35;;1-2-3/h11-23,30,32,35-36,39H,24-29H2,1-10H3;5-17,25-26,29-30,33,35-36H,18-23H2,1-4H3;1H4;1H2/p+1/t30-,32+,35-,36+,39-;25-,26+,29+,30-,33+;;/m10../s1/i/hT. The van der Waals surface area contributed by atoms with E-state index in [0.29, 0.717) is 47.8 Å². The number of ether oxygens (including phenoxy) is 2. The number of aliphatic hydroxyl groups is 2. The summed E-state index contributed by atoms with van der Waals surface area (Å²) in [5.41, 5.74) is 5.63. The van der Waals surface area contributed by atoms with E-state index < -0.39 is 38.0 Å². The second-order valence-corrected chi connectivity index (χ2v) is 45.6. The van der Waals surface area contributed by atoms with Crippen LogP contribution in [0.1, 0.15) is 137 Å². The van der Waals surface area contributed by atoms with Gasteiger partial charge < -0.3 is 33.0 Å². The van der Waals surface area contributed by atoms with Gasteiger partial charge in [-0.05, 0) is 189 Å². The minimum absolute atomic E-state index is 0. The molecule has 6 aromatic carbocycles. The highest BCUT2D eigenvalue weighted by Crippen LogP contribution is 2.54. The Morgan fingerprint density at radius 1 is 0.562 bits per heavy atom. The monoisotopic (exact) mass is 1320 g/mol. The predicted molar refractivity (Wildman–Crippen MR) is 392 cm³/mol. The molecule has 89 heavy (non-hydrogen) atoms. The molecule has 7 nitrogen and oxygen atoms in total. The van der Waals surface area contributed by atoms with Crippen LogP contribution >= 0.6 is 15.9 Å². The number of fused-ring (bicyclic) bond motifs is 4. The normalized spacial score (nSPS) is 22.6. The number of benzene rings is 6. The molecule has 0 saturated heterocycles. The molecule has 0 amide bonds. The SMILES string of the molecule is C.COc1cccc2c1C[C@H]1C[C@@H](O[Si](c3ccccc3)(c3ccccc3)C(C)(C)C)[C@H](CC[C@@H](C)CO[Si](C)(C)C(C)(C)C)[C@H]1C2.COc1cccc2c1C[C@H]1C[C@@H](O[Si](c3ccccc3)(c3ccccc3)C(C)(C)C)[C@H](CC[C@@H](O)CO)[C@H]1C2.[3H][P+](P)=S. The van der Waals surface area contributed by atoms with Crippen LogP contribution in [0.2, 0.25) is 28.2 Å². The molecule has 6 aromatic rings. The van der Waals surface area contributed by atoms with Crippen molar-refractivity contribution in [1.29, 1.82) is 1.28 Å². The minimum Gasteiger partial charge on any atom is -0.496 e. The fraction of sp³-hybridized carbons (Fsp3) is 0.526. The number of hydrogen-bond donors (Lipinski definition) is 2. The first-order valence-corrected chi connectivity index (χ1v) is 43.0. The Labute approximate surface area is 551 Å². The molecular formula is C76H111O7P2SSi3+. The summed E-state index contributed by atoms with van der Waals surface area (Å²) in [5, 5.41) is 25.4. The van der Waals surface area contributed by atoms with Crippen LogP contribution in [0.15, 0.2) is 158 Å². The van der Waals surface area contributed by atoms with Crippen LogP contribution in [-0.2, 0) is 50.8 Å². The summed E-state index contributed by atoms with van der Waals surface area (Å²) in [7, 11) is -1.38. The highest BCUT2D eigenvalue weighted by molar-refractivity contribution is 8.24. The lowest BCUT2D eigenvalue weighted by Gasteiger charge is -2.46. The van der Waals surface area contributed by atoms with E-state index in [1.54, 1.807) is 7.11 Å². The third-order valence-corrected chi connectivity index (χ3v) is 35.8. The lowest BCUT2D eigenvalue weighted by Crippen LogP contribution is -2.68. The number of methoxy groups -OCH3 is 2. The van der Waals surface area contributed by atoms with Gasteiger partial charge in [0, 0.05) is 18.8 Å². The van der Waals surface area contributed by atoms with E-state index in [2.05, 4.69) is 261 Å². The molecule has 0 bridgehead atoms. The maximum absolute atomic E-state index is 10.3. The van der Waals surface area contributed by atoms with Gasteiger partial charge in [-0.2, -0.15) is 0 Å². The van der Waals surface area contributed by atoms with Gasteiger partial charge in [0.05, 0.1) is 35.9 Å². The van der Waals surface area contributed by atoms with Crippen molar-refractivity contribution in [2.75, 3.05) is 27.4 Å². The van der Waals surface area contributed by atoms with Gasteiger partial charge in [-0.3, -0.25) is 0 Å². The molecule has 13 heteroatoms. The molecular weight excluding hydrogens is 1200 g/mol. The third kappa shape index (κ3) is 16.3. The summed E-state index contributed by atoms with van der Waals surface area (Å²) >= 11 is 4.31. The Kier molecular flexibility index (Phi) is 25.2. The zero-order chi connectivity index (χ0) is 64.5. The van der Waals surface area contributed by atoms with Gasteiger partial charge in [0.1, 0.15) is 11.5 Å². The average Bonchev–Trinajstić information content (AvgIpc) is 1.31. The average molecular weight is 1320 g/mol. The summed E-state index contributed by atoms with van der Waals surface area (Å²) in [5.74, 6) is 5.63. The molecule has 10 rings (SSSR count). The molecule has 0 aliphatic heterocycles. The summed E-state index contributed by atoms with van der Waals surface area (Å²) in [6.45, 7) is 28.2. The fourth-order valence-corrected chi connectivity index (χ4v) is 26.3. The number of rotatable bonds is 20. The van der Waals surface area contributed by atoms with Gasteiger partial charge in [-0.25, -0.2) is 0 Å². The van der Waals surface area contributed by atoms with Crippen molar-refractivity contribution >= 4 is 73.4 Å². The van der Waals surface area contributed by atoms with Crippen molar-refractivity contribution in [2.24, 2.45) is 41.4 Å². The zero-order valence-electron chi connectivity index (χ0n) is 56.6. The molecule has 2 saturated carbocycles. The van der Waals surface area contributed by atoms with Crippen molar-refractivity contribution in [1.82, 2.24) is 0 Å². The second kappa shape index (κ2) is 31.5. The van der Waals surface area contributed by atoms with E-state index >= 15 is 0 Å². The van der Waals surface area contributed by atoms with Crippen molar-refractivity contribution in [3.05, 3.63) is 180 Å². The molecule has 0 aromatic heterocycles. The minimum atomic E-state index is -2.72. The molecule has 0 heterocycles. The predicted octanol–water partition coefficient (Wildman–Crippen LogP) is 16.1. The van der Waals surface area contributed by atoms with Gasteiger partial charge >= 0.3 is 1.28 Å².